The molecule has 1 atom stereocenters. The fourth-order valence-corrected chi connectivity index (χ4v) is 1.49. The zero-order valence-electron chi connectivity index (χ0n) is 10.3. The van der Waals surface area contributed by atoms with Gasteiger partial charge in [-0.15, -0.1) is 0 Å². The molecule has 3 heteroatoms. The van der Waals surface area contributed by atoms with Crippen molar-refractivity contribution in [2.45, 2.75) is 38.5 Å². The molecular weight excluding hydrogens is 206 g/mol. The normalized spacial score (nSPS) is 14.2. The third kappa shape index (κ3) is 3.92. The van der Waals surface area contributed by atoms with Gasteiger partial charge >= 0.3 is 0 Å². The zero-order valence-corrected chi connectivity index (χ0v) is 11.1. The third-order valence-electron chi connectivity index (χ3n) is 2.57. The van der Waals surface area contributed by atoms with E-state index in [-0.39, 0.29) is 10.8 Å². The molecule has 0 amide bonds. The molecule has 0 aliphatic carbocycles. The van der Waals surface area contributed by atoms with Crippen molar-refractivity contribution in [1.29, 1.82) is 0 Å². The van der Waals surface area contributed by atoms with E-state index in [0.29, 0.717) is 0 Å². The number of hydrogen-bond acceptors (Lipinski definition) is 3. The third-order valence-corrected chi connectivity index (χ3v) is 3.82. The van der Waals surface area contributed by atoms with Crippen LogP contribution in [0.1, 0.15) is 38.3 Å². The summed E-state index contributed by atoms with van der Waals surface area (Å²) in [6.45, 7) is 9.57. The molecule has 1 unspecified atom stereocenters. The summed E-state index contributed by atoms with van der Waals surface area (Å²) in [4.78, 5) is 0. The van der Waals surface area contributed by atoms with Crippen molar-refractivity contribution in [3.63, 3.8) is 0 Å². The topological polar surface area (TPSA) is 25.2 Å². The first-order valence-electron chi connectivity index (χ1n) is 5.29. The van der Waals surface area contributed by atoms with Crippen molar-refractivity contribution in [2.24, 2.45) is 0 Å². The Kier molecular flexibility index (Phi) is 4.29. The maximum atomic E-state index is 5.57. The number of thioether (sulfide) groups is 1. The Bertz CT molecular complexity index is 306. The van der Waals surface area contributed by atoms with Crippen LogP contribution in [0, 0.1) is 6.92 Å². The van der Waals surface area contributed by atoms with Crippen LogP contribution < -0.4 is 5.32 Å². The van der Waals surface area contributed by atoms with E-state index in [9.17, 15) is 0 Å². The van der Waals surface area contributed by atoms with Crippen LogP contribution in [0.3, 0.4) is 0 Å². The van der Waals surface area contributed by atoms with Crippen molar-refractivity contribution in [1.82, 2.24) is 5.32 Å². The van der Waals surface area contributed by atoms with E-state index in [1.54, 1.807) is 0 Å². The predicted molar refractivity (Wildman–Crippen MR) is 67.5 cm³/mol. The second-order valence-corrected chi connectivity index (χ2v) is 6.03. The summed E-state index contributed by atoms with van der Waals surface area (Å²) < 4.78 is 5.85. The van der Waals surface area contributed by atoms with E-state index in [0.717, 1.165) is 18.1 Å². The average molecular weight is 227 g/mol. The molecule has 2 nitrogen and oxygen atoms in total. The molecule has 1 rings (SSSR count). The molecule has 15 heavy (non-hydrogen) atoms. The standard InChI is InChI=1S/C12H21NOS/c1-9-6-7-11(14-9)10(2)13-8-12(3,4)15-5/h6-7,10,13H,8H2,1-5H3. The summed E-state index contributed by atoms with van der Waals surface area (Å²) in [5.74, 6) is 1.99. The highest BCUT2D eigenvalue weighted by atomic mass is 32.2. The van der Waals surface area contributed by atoms with Crippen LogP contribution in [0.5, 0.6) is 0 Å². The molecule has 0 saturated carbocycles. The van der Waals surface area contributed by atoms with Gasteiger partial charge in [0.25, 0.3) is 0 Å². The molecule has 0 saturated heterocycles. The summed E-state index contributed by atoms with van der Waals surface area (Å²) >= 11 is 1.88. The van der Waals surface area contributed by atoms with Crippen molar-refractivity contribution in [3.05, 3.63) is 23.7 Å². The lowest BCUT2D eigenvalue weighted by atomic mass is 10.2. The minimum absolute atomic E-state index is 0.274. The first-order valence-corrected chi connectivity index (χ1v) is 6.52. The Morgan fingerprint density at radius 3 is 2.60 bits per heavy atom. The molecule has 0 fully saturated rings. The van der Waals surface area contributed by atoms with Crippen LogP contribution in [0.4, 0.5) is 0 Å². The molecule has 0 aliphatic heterocycles. The van der Waals surface area contributed by atoms with Gasteiger partial charge in [-0.1, -0.05) is 0 Å². The van der Waals surface area contributed by atoms with E-state index in [1.807, 2.05) is 30.8 Å². The molecule has 1 aromatic rings. The monoisotopic (exact) mass is 227 g/mol. The maximum absolute atomic E-state index is 5.57. The van der Waals surface area contributed by atoms with Crippen molar-refractivity contribution >= 4 is 11.8 Å². The molecule has 1 aromatic heterocycles. The minimum Gasteiger partial charge on any atom is -0.465 e. The Hall–Kier alpha value is -0.410. The molecule has 0 aromatic carbocycles. The molecule has 0 aliphatic rings. The highest BCUT2D eigenvalue weighted by Crippen LogP contribution is 2.22. The number of nitrogens with one attached hydrogen (secondary N) is 1. The lowest BCUT2D eigenvalue weighted by Gasteiger charge is -2.24. The van der Waals surface area contributed by atoms with Gasteiger partial charge < -0.3 is 9.73 Å². The van der Waals surface area contributed by atoms with Gasteiger partial charge in [-0.05, 0) is 46.1 Å². The first-order chi connectivity index (χ1) is 6.94. The zero-order chi connectivity index (χ0) is 11.5. The minimum atomic E-state index is 0.274. The summed E-state index contributed by atoms with van der Waals surface area (Å²) in [6.07, 6.45) is 2.14. The summed E-state index contributed by atoms with van der Waals surface area (Å²) in [7, 11) is 0. The smallest absolute Gasteiger partial charge is 0.120 e. The second-order valence-electron chi connectivity index (χ2n) is 4.51. The number of hydrogen-bond donors (Lipinski definition) is 1. The van der Waals surface area contributed by atoms with Gasteiger partial charge in [0.05, 0.1) is 6.04 Å². The highest BCUT2D eigenvalue weighted by molar-refractivity contribution is 7.99. The highest BCUT2D eigenvalue weighted by Gasteiger charge is 2.18. The SMILES string of the molecule is CSC(C)(C)CNC(C)c1ccc(C)o1. The molecule has 86 valence electrons. The van der Waals surface area contributed by atoms with Crippen LogP contribution in [-0.4, -0.2) is 17.5 Å². The van der Waals surface area contributed by atoms with E-state index >= 15 is 0 Å². The maximum Gasteiger partial charge on any atom is 0.120 e. The number of rotatable bonds is 5. The average Bonchev–Trinajstić information content (AvgIpc) is 2.61. The van der Waals surface area contributed by atoms with Gasteiger partial charge in [0, 0.05) is 11.3 Å². The van der Waals surface area contributed by atoms with E-state index in [2.05, 4.69) is 32.3 Å². The summed E-state index contributed by atoms with van der Waals surface area (Å²) in [5, 5.41) is 3.49. The van der Waals surface area contributed by atoms with Crippen LogP contribution in [0.15, 0.2) is 16.5 Å². The van der Waals surface area contributed by atoms with Gasteiger partial charge in [0.15, 0.2) is 0 Å². The van der Waals surface area contributed by atoms with Gasteiger partial charge in [-0.25, -0.2) is 0 Å². The van der Waals surface area contributed by atoms with Gasteiger partial charge in [-0.3, -0.25) is 0 Å². The molecule has 0 spiro atoms. The fraction of sp³-hybridized carbons (Fsp3) is 0.667. The molecule has 1 heterocycles. The lowest BCUT2D eigenvalue weighted by molar-refractivity contribution is 0.408. The molecular formula is C12H21NOS. The largest absolute Gasteiger partial charge is 0.465 e. The fourth-order valence-electron chi connectivity index (χ4n) is 1.26. The van der Waals surface area contributed by atoms with Crippen LogP contribution in [-0.2, 0) is 0 Å². The molecule has 1 N–H and O–H groups in total. The summed E-state index contributed by atoms with van der Waals surface area (Å²) in [5.41, 5.74) is 0. The van der Waals surface area contributed by atoms with Gasteiger partial charge in [-0.2, -0.15) is 11.8 Å². The van der Waals surface area contributed by atoms with Gasteiger partial charge in [0.2, 0.25) is 0 Å². The second kappa shape index (κ2) is 5.08. The van der Waals surface area contributed by atoms with Crippen LogP contribution >= 0.6 is 11.8 Å². The van der Waals surface area contributed by atoms with Crippen LogP contribution in [0.25, 0.3) is 0 Å². The van der Waals surface area contributed by atoms with Crippen molar-refractivity contribution in [3.8, 4) is 0 Å². The van der Waals surface area contributed by atoms with Crippen LogP contribution in [0.2, 0.25) is 0 Å². The molecule has 0 bridgehead atoms. The number of aryl methyl sites for hydroxylation is 1. The Labute approximate surface area is 96.8 Å². The summed E-state index contributed by atoms with van der Waals surface area (Å²) in [6, 6.07) is 4.33. The van der Waals surface area contributed by atoms with Crippen molar-refractivity contribution < 1.29 is 4.42 Å². The Balaban J connectivity index is 2.46. The van der Waals surface area contributed by atoms with E-state index in [1.165, 1.54) is 0 Å². The Morgan fingerprint density at radius 1 is 1.47 bits per heavy atom. The Morgan fingerprint density at radius 2 is 2.13 bits per heavy atom. The quantitative estimate of drug-likeness (QED) is 0.835. The van der Waals surface area contributed by atoms with Gasteiger partial charge in [0.1, 0.15) is 11.5 Å². The first kappa shape index (κ1) is 12.7. The molecule has 0 radical (unpaired) electrons. The van der Waals surface area contributed by atoms with Crippen molar-refractivity contribution in [2.75, 3.05) is 12.8 Å². The lowest BCUT2D eigenvalue weighted by Crippen LogP contribution is -2.33. The number of furan rings is 1. The van der Waals surface area contributed by atoms with E-state index < -0.39 is 0 Å². The predicted octanol–water partition coefficient (Wildman–Crippen LogP) is 3.38. The van der Waals surface area contributed by atoms with E-state index in [4.69, 9.17) is 4.42 Å².